The Morgan fingerprint density at radius 3 is 2.38 bits per heavy atom. The van der Waals surface area contributed by atoms with E-state index in [4.69, 9.17) is 14.2 Å². The molecule has 5 nitrogen and oxygen atoms in total. The predicted octanol–water partition coefficient (Wildman–Crippen LogP) is 5.24. The van der Waals surface area contributed by atoms with Gasteiger partial charge in [0, 0.05) is 38.1 Å². The van der Waals surface area contributed by atoms with Crippen molar-refractivity contribution in [3.05, 3.63) is 64.7 Å². The van der Waals surface area contributed by atoms with Crippen molar-refractivity contribution in [2.75, 3.05) is 26.8 Å². The number of benzene rings is 2. The van der Waals surface area contributed by atoms with Crippen LogP contribution in [-0.2, 0) is 9.47 Å². The maximum absolute atomic E-state index is 13.2. The van der Waals surface area contributed by atoms with E-state index in [-0.39, 0.29) is 23.7 Å². The lowest BCUT2D eigenvalue weighted by Crippen LogP contribution is -2.52. The molecule has 2 aliphatic heterocycles. The van der Waals surface area contributed by atoms with Gasteiger partial charge in [0.2, 0.25) is 0 Å². The first-order valence-electron chi connectivity index (χ1n) is 11.7. The molecule has 0 bridgehead atoms. The van der Waals surface area contributed by atoms with Gasteiger partial charge >= 0.3 is 0 Å². The third-order valence-electron chi connectivity index (χ3n) is 6.92. The highest BCUT2D eigenvalue weighted by molar-refractivity contribution is 5.95. The van der Waals surface area contributed by atoms with Gasteiger partial charge in [0.25, 0.3) is 5.91 Å². The van der Waals surface area contributed by atoms with Crippen molar-refractivity contribution in [1.29, 1.82) is 0 Å². The van der Waals surface area contributed by atoms with E-state index < -0.39 is 0 Å². The highest BCUT2D eigenvalue weighted by Crippen LogP contribution is 2.44. The second kappa shape index (κ2) is 9.63. The monoisotopic (exact) mass is 437 g/mol. The number of piperidine rings is 1. The van der Waals surface area contributed by atoms with E-state index in [0.717, 1.165) is 48.1 Å². The SMILES string of the molecule is CCOC1CC(c2ccccc2)OC2(CCN(C(=O)c3cc(C)c(OC)c(C)c3)CC2)C1. The highest BCUT2D eigenvalue weighted by atomic mass is 16.5. The van der Waals surface area contributed by atoms with Crippen LogP contribution < -0.4 is 4.74 Å². The minimum atomic E-state index is -0.235. The summed E-state index contributed by atoms with van der Waals surface area (Å²) in [5.41, 5.74) is 3.69. The molecule has 32 heavy (non-hydrogen) atoms. The lowest BCUT2D eigenvalue weighted by molar-refractivity contribution is -0.190. The average molecular weight is 438 g/mol. The molecule has 2 saturated heterocycles. The summed E-state index contributed by atoms with van der Waals surface area (Å²) in [6.45, 7) is 8.14. The maximum Gasteiger partial charge on any atom is 0.253 e. The Morgan fingerprint density at radius 1 is 1.12 bits per heavy atom. The molecule has 2 heterocycles. The van der Waals surface area contributed by atoms with Crippen LogP contribution in [-0.4, -0.2) is 49.3 Å². The maximum atomic E-state index is 13.2. The van der Waals surface area contributed by atoms with E-state index in [2.05, 4.69) is 31.2 Å². The normalized spacial score (nSPS) is 22.7. The van der Waals surface area contributed by atoms with Crippen LogP contribution >= 0.6 is 0 Å². The molecule has 2 aromatic rings. The summed E-state index contributed by atoms with van der Waals surface area (Å²) in [5, 5.41) is 0. The molecule has 1 amide bonds. The van der Waals surface area contributed by atoms with Crippen LogP contribution in [0.15, 0.2) is 42.5 Å². The number of ether oxygens (including phenoxy) is 3. The Labute approximate surface area is 191 Å². The number of carbonyl (C=O) groups is 1. The van der Waals surface area contributed by atoms with Crippen molar-refractivity contribution in [3.63, 3.8) is 0 Å². The summed E-state index contributed by atoms with van der Waals surface area (Å²) in [6.07, 6.45) is 3.67. The number of nitrogens with zero attached hydrogens (tertiary/aromatic N) is 1. The van der Waals surface area contributed by atoms with Gasteiger partial charge in [0.1, 0.15) is 5.75 Å². The molecule has 1 spiro atoms. The Balaban J connectivity index is 1.48. The van der Waals surface area contributed by atoms with Gasteiger partial charge < -0.3 is 19.1 Å². The summed E-state index contributed by atoms with van der Waals surface area (Å²) in [5.74, 6) is 0.939. The predicted molar refractivity (Wildman–Crippen MR) is 125 cm³/mol. The molecule has 4 rings (SSSR count). The molecule has 2 unspecified atom stereocenters. The molecule has 2 aliphatic rings. The fourth-order valence-electron chi connectivity index (χ4n) is 5.39. The third kappa shape index (κ3) is 4.69. The fraction of sp³-hybridized carbons (Fsp3) is 0.519. The van der Waals surface area contributed by atoms with Crippen LogP contribution in [0.3, 0.4) is 0 Å². The Bertz CT molecular complexity index is 911. The van der Waals surface area contributed by atoms with E-state index in [1.165, 1.54) is 5.56 Å². The number of amides is 1. The number of aryl methyl sites for hydroxylation is 2. The minimum absolute atomic E-state index is 0.0376. The summed E-state index contributed by atoms with van der Waals surface area (Å²) in [7, 11) is 1.67. The molecule has 5 heteroatoms. The summed E-state index contributed by atoms with van der Waals surface area (Å²) in [6, 6.07) is 14.3. The first kappa shape index (κ1) is 22.8. The fourth-order valence-corrected chi connectivity index (χ4v) is 5.39. The van der Waals surface area contributed by atoms with E-state index >= 15 is 0 Å². The van der Waals surface area contributed by atoms with Crippen LogP contribution in [0.4, 0.5) is 0 Å². The standard InChI is InChI=1S/C27H35NO4/c1-5-31-23-17-24(21-9-7-6-8-10-21)32-27(18-23)11-13-28(14-12-27)26(29)22-15-19(2)25(30-4)20(3)16-22/h6-10,15-16,23-24H,5,11-14,17-18H2,1-4H3. The molecular formula is C27H35NO4. The quantitative estimate of drug-likeness (QED) is 0.642. The number of hydrogen-bond acceptors (Lipinski definition) is 4. The molecule has 2 fully saturated rings. The molecule has 0 aromatic heterocycles. The minimum Gasteiger partial charge on any atom is -0.496 e. The average Bonchev–Trinajstić information content (AvgIpc) is 2.79. The van der Waals surface area contributed by atoms with Gasteiger partial charge in [-0.2, -0.15) is 0 Å². The molecule has 172 valence electrons. The zero-order chi connectivity index (χ0) is 22.7. The van der Waals surface area contributed by atoms with Gasteiger partial charge in [-0.1, -0.05) is 30.3 Å². The molecular weight excluding hydrogens is 402 g/mol. The first-order valence-corrected chi connectivity index (χ1v) is 11.7. The molecule has 2 aromatic carbocycles. The molecule has 0 aliphatic carbocycles. The van der Waals surface area contributed by atoms with Crippen molar-refractivity contribution < 1.29 is 19.0 Å². The molecule has 2 atom stereocenters. The zero-order valence-corrected chi connectivity index (χ0v) is 19.7. The third-order valence-corrected chi connectivity index (χ3v) is 6.92. The van der Waals surface area contributed by atoms with E-state index in [1.807, 2.05) is 36.9 Å². The van der Waals surface area contributed by atoms with Crippen molar-refractivity contribution in [2.45, 2.75) is 64.3 Å². The van der Waals surface area contributed by atoms with Crippen LogP contribution in [0, 0.1) is 13.8 Å². The summed E-state index contributed by atoms with van der Waals surface area (Å²) >= 11 is 0. The van der Waals surface area contributed by atoms with Gasteiger partial charge in [0.15, 0.2) is 0 Å². The van der Waals surface area contributed by atoms with Crippen LogP contribution in [0.2, 0.25) is 0 Å². The number of likely N-dealkylation sites (tertiary alicyclic amines) is 1. The van der Waals surface area contributed by atoms with Crippen LogP contribution in [0.5, 0.6) is 5.75 Å². The van der Waals surface area contributed by atoms with Crippen LogP contribution in [0.25, 0.3) is 0 Å². The topological polar surface area (TPSA) is 48.0 Å². The first-order chi connectivity index (χ1) is 15.4. The smallest absolute Gasteiger partial charge is 0.253 e. The van der Waals surface area contributed by atoms with Crippen molar-refractivity contribution in [2.24, 2.45) is 0 Å². The Morgan fingerprint density at radius 2 is 1.78 bits per heavy atom. The van der Waals surface area contributed by atoms with Gasteiger partial charge in [0.05, 0.1) is 24.9 Å². The second-order valence-corrected chi connectivity index (χ2v) is 9.15. The van der Waals surface area contributed by atoms with Crippen molar-refractivity contribution in [1.82, 2.24) is 4.90 Å². The van der Waals surface area contributed by atoms with E-state index in [9.17, 15) is 4.79 Å². The number of rotatable bonds is 5. The van der Waals surface area contributed by atoms with Crippen molar-refractivity contribution >= 4 is 5.91 Å². The number of hydrogen-bond donors (Lipinski definition) is 0. The summed E-state index contributed by atoms with van der Waals surface area (Å²) < 4.78 is 18.3. The lowest BCUT2D eigenvalue weighted by atomic mass is 9.80. The van der Waals surface area contributed by atoms with Gasteiger partial charge in [-0.25, -0.2) is 0 Å². The van der Waals surface area contributed by atoms with E-state index in [1.54, 1.807) is 7.11 Å². The molecule has 0 N–H and O–H groups in total. The van der Waals surface area contributed by atoms with E-state index in [0.29, 0.717) is 19.7 Å². The van der Waals surface area contributed by atoms with Gasteiger partial charge in [-0.3, -0.25) is 4.79 Å². The lowest BCUT2D eigenvalue weighted by Gasteiger charge is -2.48. The Kier molecular flexibility index (Phi) is 6.87. The molecule has 0 radical (unpaired) electrons. The number of carbonyl (C=O) groups excluding carboxylic acids is 1. The van der Waals surface area contributed by atoms with Gasteiger partial charge in [-0.15, -0.1) is 0 Å². The summed E-state index contributed by atoms with van der Waals surface area (Å²) in [4.78, 5) is 15.2. The highest BCUT2D eigenvalue weighted by Gasteiger charge is 2.45. The second-order valence-electron chi connectivity index (χ2n) is 9.15. The van der Waals surface area contributed by atoms with Crippen LogP contribution in [0.1, 0.15) is 65.8 Å². The number of methoxy groups -OCH3 is 1. The van der Waals surface area contributed by atoms with Crippen molar-refractivity contribution in [3.8, 4) is 5.75 Å². The largest absolute Gasteiger partial charge is 0.496 e. The van der Waals surface area contributed by atoms with Gasteiger partial charge in [-0.05, 0) is 62.4 Å². The zero-order valence-electron chi connectivity index (χ0n) is 19.7. The Hall–Kier alpha value is -2.37. The molecule has 0 saturated carbocycles.